The average molecular weight is 316 g/mol. The van der Waals surface area contributed by atoms with Gasteiger partial charge in [-0.2, -0.15) is 5.26 Å². The number of anilines is 2. The van der Waals surface area contributed by atoms with Crippen molar-refractivity contribution < 1.29 is 4.39 Å². The molecule has 0 heterocycles. The molecule has 0 radical (unpaired) electrons. The van der Waals surface area contributed by atoms with E-state index in [1.807, 2.05) is 6.07 Å². The van der Waals surface area contributed by atoms with Gasteiger partial charge in [0.25, 0.3) is 0 Å². The molecule has 0 fully saturated rings. The van der Waals surface area contributed by atoms with Crippen LogP contribution in [0.5, 0.6) is 0 Å². The fourth-order valence-corrected chi connectivity index (χ4v) is 2.19. The van der Waals surface area contributed by atoms with Crippen molar-refractivity contribution in [1.82, 2.24) is 0 Å². The van der Waals surface area contributed by atoms with Crippen LogP contribution < -0.4 is 5.32 Å². The molecule has 0 aromatic heterocycles. The molecule has 2 rings (SSSR count). The minimum Gasteiger partial charge on any atom is -0.355 e. The monoisotopic (exact) mass is 314 g/mol. The fraction of sp³-hybridized carbons (Fsp3) is 0. The molecule has 6 heteroatoms. The van der Waals surface area contributed by atoms with E-state index in [2.05, 4.69) is 5.32 Å². The highest BCUT2D eigenvalue weighted by Crippen LogP contribution is 2.30. The summed E-state index contributed by atoms with van der Waals surface area (Å²) in [7, 11) is 0. The van der Waals surface area contributed by atoms with Gasteiger partial charge in [0.1, 0.15) is 6.07 Å². The third-order valence-electron chi connectivity index (χ3n) is 2.36. The Labute approximate surface area is 124 Å². The lowest BCUT2D eigenvalue weighted by atomic mass is 10.2. The molecule has 0 aliphatic carbocycles. The number of halogens is 4. The van der Waals surface area contributed by atoms with Crippen LogP contribution in [0.1, 0.15) is 5.56 Å². The van der Waals surface area contributed by atoms with Crippen LogP contribution >= 0.6 is 34.8 Å². The molecule has 0 atom stereocenters. The molecule has 0 saturated heterocycles. The number of nitrogens with one attached hydrogen (secondary N) is 1. The maximum absolute atomic E-state index is 13.3. The maximum Gasteiger partial charge on any atom is 0.160 e. The first-order valence-corrected chi connectivity index (χ1v) is 6.26. The largest absolute Gasteiger partial charge is 0.355 e. The number of rotatable bonds is 2. The summed E-state index contributed by atoms with van der Waals surface area (Å²) in [4.78, 5) is 0. The van der Waals surface area contributed by atoms with Gasteiger partial charge >= 0.3 is 0 Å². The zero-order chi connectivity index (χ0) is 14.0. The van der Waals surface area contributed by atoms with Crippen molar-refractivity contribution in [2.24, 2.45) is 0 Å². The van der Waals surface area contributed by atoms with E-state index < -0.39 is 5.82 Å². The smallest absolute Gasteiger partial charge is 0.160 e. The highest BCUT2D eigenvalue weighted by Gasteiger charge is 2.08. The Balaban J connectivity index is 2.32. The molecule has 0 unspecified atom stereocenters. The number of hydrogen-bond acceptors (Lipinski definition) is 2. The van der Waals surface area contributed by atoms with Crippen LogP contribution in [-0.2, 0) is 0 Å². The molecule has 2 aromatic carbocycles. The van der Waals surface area contributed by atoms with E-state index >= 15 is 0 Å². The second-order valence-corrected chi connectivity index (χ2v) is 4.91. The quantitative estimate of drug-likeness (QED) is 0.753. The summed E-state index contributed by atoms with van der Waals surface area (Å²) in [5.74, 6) is -0.660. The number of hydrogen-bond donors (Lipinski definition) is 1. The second kappa shape index (κ2) is 5.66. The Hall–Kier alpha value is -1.47. The Bertz CT molecular complexity index is 657. The predicted octanol–water partition coefficient (Wildman–Crippen LogP) is 5.40. The standard InChI is InChI=1S/C13H6Cl3FN2/c14-10-3-8(2-1-7(10)6-18)19-9-4-11(15)13(17)12(16)5-9/h1-5,19H. The first kappa shape index (κ1) is 14.0. The molecule has 0 amide bonds. The van der Waals surface area contributed by atoms with E-state index in [4.69, 9.17) is 40.1 Å². The van der Waals surface area contributed by atoms with Crippen molar-refractivity contribution in [2.75, 3.05) is 5.32 Å². The van der Waals surface area contributed by atoms with Crippen molar-refractivity contribution in [3.8, 4) is 6.07 Å². The third-order valence-corrected chi connectivity index (χ3v) is 3.22. The third kappa shape index (κ3) is 3.10. The lowest BCUT2D eigenvalue weighted by Gasteiger charge is -2.09. The average Bonchev–Trinajstić information content (AvgIpc) is 2.36. The van der Waals surface area contributed by atoms with Gasteiger partial charge in [-0.05, 0) is 30.3 Å². The van der Waals surface area contributed by atoms with Crippen molar-refractivity contribution in [1.29, 1.82) is 5.26 Å². The predicted molar refractivity (Wildman–Crippen MR) is 75.9 cm³/mol. The molecule has 2 aromatic rings. The summed E-state index contributed by atoms with van der Waals surface area (Å²) >= 11 is 17.3. The van der Waals surface area contributed by atoms with E-state index in [0.29, 0.717) is 22.0 Å². The molecule has 96 valence electrons. The lowest BCUT2D eigenvalue weighted by Crippen LogP contribution is -1.92. The van der Waals surface area contributed by atoms with Crippen LogP contribution in [0, 0.1) is 17.1 Å². The number of benzene rings is 2. The van der Waals surface area contributed by atoms with Gasteiger partial charge in [0.15, 0.2) is 5.82 Å². The van der Waals surface area contributed by atoms with E-state index in [1.165, 1.54) is 12.1 Å². The Kier molecular flexibility index (Phi) is 4.16. The van der Waals surface area contributed by atoms with Gasteiger partial charge in [0.05, 0.1) is 20.6 Å². The van der Waals surface area contributed by atoms with E-state index in [1.54, 1.807) is 18.2 Å². The van der Waals surface area contributed by atoms with Crippen molar-refractivity contribution in [3.63, 3.8) is 0 Å². The molecule has 0 saturated carbocycles. The molecule has 0 spiro atoms. The highest BCUT2D eigenvalue weighted by molar-refractivity contribution is 6.35. The summed E-state index contributed by atoms with van der Waals surface area (Å²) in [6.45, 7) is 0. The molecule has 0 aliphatic heterocycles. The summed E-state index contributed by atoms with van der Waals surface area (Å²) < 4.78 is 13.3. The van der Waals surface area contributed by atoms with Gasteiger partial charge < -0.3 is 5.32 Å². The van der Waals surface area contributed by atoms with Crippen molar-refractivity contribution in [3.05, 3.63) is 56.8 Å². The molecule has 19 heavy (non-hydrogen) atoms. The zero-order valence-corrected chi connectivity index (χ0v) is 11.6. The van der Waals surface area contributed by atoms with Crippen LogP contribution in [0.3, 0.4) is 0 Å². The van der Waals surface area contributed by atoms with Crippen LogP contribution in [-0.4, -0.2) is 0 Å². The summed E-state index contributed by atoms with van der Waals surface area (Å²) in [6.07, 6.45) is 0. The van der Waals surface area contributed by atoms with Crippen molar-refractivity contribution >= 4 is 46.2 Å². The van der Waals surface area contributed by atoms with E-state index in [-0.39, 0.29) is 10.0 Å². The van der Waals surface area contributed by atoms with Gasteiger partial charge in [0, 0.05) is 11.4 Å². The lowest BCUT2D eigenvalue weighted by molar-refractivity contribution is 0.629. The summed E-state index contributed by atoms with van der Waals surface area (Å²) in [5.41, 5.74) is 1.54. The SMILES string of the molecule is N#Cc1ccc(Nc2cc(Cl)c(F)c(Cl)c2)cc1Cl. The van der Waals surface area contributed by atoms with E-state index in [9.17, 15) is 4.39 Å². The van der Waals surface area contributed by atoms with E-state index in [0.717, 1.165) is 0 Å². The molecule has 0 aliphatic rings. The first-order chi connectivity index (χ1) is 9.01. The molecule has 0 bridgehead atoms. The van der Waals surface area contributed by atoms with Gasteiger partial charge in [-0.1, -0.05) is 34.8 Å². The second-order valence-electron chi connectivity index (χ2n) is 3.69. The first-order valence-electron chi connectivity index (χ1n) is 5.12. The maximum atomic E-state index is 13.3. The Morgan fingerprint density at radius 3 is 2.05 bits per heavy atom. The van der Waals surface area contributed by atoms with Gasteiger partial charge in [-0.15, -0.1) is 0 Å². The Morgan fingerprint density at radius 1 is 0.947 bits per heavy atom. The topological polar surface area (TPSA) is 35.8 Å². The minimum absolute atomic E-state index is 0.0743. The van der Waals surface area contributed by atoms with Gasteiger partial charge in [0.2, 0.25) is 0 Å². The summed E-state index contributed by atoms with van der Waals surface area (Å²) in [5, 5.41) is 11.9. The van der Waals surface area contributed by atoms with Crippen LogP contribution in [0.2, 0.25) is 15.1 Å². The minimum atomic E-state index is -0.660. The van der Waals surface area contributed by atoms with Crippen molar-refractivity contribution in [2.45, 2.75) is 0 Å². The fourth-order valence-electron chi connectivity index (χ4n) is 1.48. The summed E-state index contributed by atoms with van der Waals surface area (Å²) in [6, 6.07) is 9.63. The molecular formula is C13H6Cl3FN2. The van der Waals surface area contributed by atoms with Crippen LogP contribution in [0.25, 0.3) is 0 Å². The number of nitriles is 1. The number of nitrogens with zero attached hydrogens (tertiary/aromatic N) is 1. The van der Waals surface area contributed by atoms with Gasteiger partial charge in [-0.25, -0.2) is 4.39 Å². The van der Waals surface area contributed by atoms with Gasteiger partial charge in [-0.3, -0.25) is 0 Å². The normalized spacial score (nSPS) is 10.1. The highest BCUT2D eigenvalue weighted by atomic mass is 35.5. The Morgan fingerprint density at radius 2 is 1.53 bits per heavy atom. The molecular weight excluding hydrogens is 310 g/mol. The zero-order valence-electron chi connectivity index (χ0n) is 9.35. The molecule has 1 N–H and O–H groups in total. The van der Waals surface area contributed by atoms with Crippen LogP contribution in [0.4, 0.5) is 15.8 Å². The molecule has 2 nitrogen and oxygen atoms in total. The van der Waals surface area contributed by atoms with Crippen LogP contribution in [0.15, 0.2) is 30.3 Å².